The van der Waals surface area contributed by atoms with Crippen LogP contribution in [0.4, 0.5) is 0 Å². The van der Waals surface area contributed by atoms with Crippen LogP contribution in [0.3, 0.4) is 0 Å². The molecule has 0 bridgehead atoms. The van der Waals surface area contributed by atoms with Gasteiger partial charge in [-0.25, -0.2) is 0 Å². The highest BCUT2D eigenvalue weighted by Crippen LogP contribution is 2.16. The van der Waals surface area contributed by atoms with Crippen LogP contribution in [0.25, 0.3) is 0 Å². The van der Waals surface area contributed by atoms with E-state index in [9.17, 15) is 4.79 Å². The number of carbonyl (C=O) groups excluding carboxylic acids is 1. The fourth-order valence-electron chi connectivity index (χ4n) is 3.12. The normalized spacial score (nSPS) is 15.2. The molecule has 0 atom stereocenters. The molecule has 3 nitrogen and oxygen atoms in total. The molecule has 2 aromatic rings. The Hall–Kier alpha value is -1.84. The van der Waals surface area contributed by atoms with Gasteiger partial charge in [0.25, 0.3) is 5.91 Å². The highest BCUT2D eigenvalue weighted by atomic mass is 35.5. The smallest absolute Gasteiger partial charge is 0.251 e. The van der Waals surface area contributed by atoms with E-state index in [1.54, 1.807) is 0 Å². The first-order valence-corrected chi connectivity index (χ1v) is 8.93. The molecule has 1 N–H and O–H groups in total. The average molecular weight is 343 g/mol. The first-order valence-electron chi connectivity index (χ1n) is 8.55. The minimum atomic E-state index is -0.0161. The zero-order valence-electron chi connectivity index (χ0n) is 13.8. The van der Waals surface area contributed by atoms with Crippen LogP contribution in [0.2, 0.25) is 5.02 Å². The predicted octanol–water partition coefficient (Wildman–Crippen LogP) is 4.26. The van der Waals surface area contributed by atoms with Gasteiger partial charge in [0.05, 0.1) is 0 Å². The fraction of sp³-hybridized carbons (Fsp3) is 0.350. The molecule has 4 heteroatoms. The second-order valence-corrected chi connectivity index (χ2v) is 6.74. The van der Waals surface area contributed by atoms with Crippen LogP contribution in [-0.2, 0) is 13.1 Å². The highest BCUT2D eigenvalue weighted by Gasteiger charge is 2.15. The van der Waals surface area contributed by atoms with Crippen LogP contribution in [-0.4, -0.2) is 23.9 Å². The SMILES string of the molecule is O=C(NCc1ccc(Cl)cc1)c1ccccc1CN1CCCCC1. The Morgan fingerprint density at radius 2 is 1.71 bits per heavy atom. The van der Waals surface area contributed by atoms with Crippen molar-refractivity contribution in [3.63, 3.8) is 0 Å². The minimum Gasteiger partial charge on any atom is -0.348 e. The average Bonchev–Trinajstić information content (AvgIpc) is 2.62. The predicted molar refractivity (Wildman–Crippen MR) is 98.2 cm³/mol. The number of hydrogen-bond donors (Lipinski definition) is 1. The molecule has 1 saturated heterocycles. The molecule has 2 aromatic carbocycles. The van der Waals surface area contributed by atoms with Crippen molar-refractivity contribution in [1.82, 2.24) is 10.2 Å². The molecular formula is C20H23ClN2O. The van der Waals surface area contributed by atoms with Gasteiger partial charge in [0.2, 0.25) is 0 Å². The molecular weight excluding hydrogens is 320 g/mol. The molecule has 1 amide bonds. The van der Waals surface area contributed by atoms with Crippen molar-refractivity contribution in [1.29, 1.82) is 0 Å². The lowest BCUT2D eigenvalue weighted by Crippen LogP contribution is -2.31. The van der Waals surface area contributed by atoms with Gasteiger partial charge >= 0.3 is 0 Å². The zero-order valence-corrected chi connectivity index (χ0v) is 14.6. The van der Waals surface area contributed by atoms with Crippen molar-refractivity contribution < 1.29 is 4.79 Å². The summed E-state index contributed by atoms with van der Waals surface area (Å²) in [7, 11) is 0. The number of nitrogens with one attached hydrogen (secondary N) is 1. The number of halogens is 1. The van der Waals surface area contributed by atoms with Crippen LogP contribution in [0, 0.1) is 0 Å². The number of nitrogens with zero attached hydrogens (tertiary/aromatic N) is 1. The zero-order chi connectivity index (χ0) is 16.8. The molecule has 24 heavy (non-hydrogen) atoms. The van der Waals surface area contributed by atoms with Gasteiger partial charge in [-0.15, -0.1) is 0 Å². The third-order valence-corrected chi connectivity index (χ3v) is 4.72. The Balaban J connectivity index is 1.64. The van der Waals surface area contributed by atoms with Gasteiger partial charge in [0.1, 0.15) is 0 Å². The summed E-state index contributed by atoms with van der Waals surface area (Å²) in [6, 6.07) is 15.5. The van der Waals surface area contributed by atoms with Gasteiger partial charge in [0.15, 0.2) is 0 Å². The van der Waals surface area contributed by atoms with E-state index in [1.807, 2.05) is 42.5 Å². The number of rotatable bonds is 5. The van der Waals surface area contributed by atoms with Crippen molar-refractivity contribution in [3.05, 3.63) is 70.2 Å². The number of carbonyl (C=O) groups is 1. The van der Waals surface area contributed by atoms with Crippen LogP contribution in [0.1, 0.15) is 40.7 Å². The second-order valence-electron chi connectivity index (χ2n) is 6.30. The van der Waals surface area contributed by atoms with Crippen molar-refractivity contribution in [2.45, 2.75) is 32.4 Å². The monoisotopic (exact) mass is 342 g/mol. The summed E-state index contributed by atoms with van der Waals surface area (Å²) < 4.78 is 0. The van der Waals surface area contributed by atoms with Crippen molar-refractivity contribution in [2.24, 2.45) is 0 Å². The Morgan fingerprint density at radius 3 is 2.46 bits per heavy atom. The molecule has 0 aromatic heterocycles. The molecule has 0 unspecified atom stereocenters. The standard InChI is InChI=1S/C20H23ClN2O/c21-18-10-8-16(9-11-18)14-22-20(24)19-7-3-2-6-17(19)15-23-12-4-1-5-13-23/h2-3,6-11H,1,4-5,12-15H2,(H,22,24). The van der Waals surface area contributed by atoms with E-state index in [0.29, 0.717) is 11.6 Å². The van der Waals surface area contributed by atoms with Gasteiger partial charge in [-0.1, -0.05) is 48.4 Å². The van der Waals surface area contributed by atoms with Gasteiger partial charge in [-0.05, 0) is 55.3 Å². The maximum atomic E-state index is 12.6. The molecule has 3 rings (SSSR count). The van der Waals surface area contributed by atoms with Gasteiger partial charge in [-0.2, -0.15) is 0 Å². The number of likely N-dealkylation sites (tertiary alicyclic amines) is 1. The molecule has 126 valence electrons. The lowest BCUT2D eigenvalue weighted by atomic mass is 10.0. The Kier molecular flexibility index (Phi) is 5.89. The number of piperidine rings is 1. The Bertz CT molecular complexity index is 678. The summed E-state index contributed by atoms with van der Waals surface area (Å²) in [6.45, 7) is 3.61. The van der Waals surface area contributed by atoms with Crippen LogP contribution >= 0.6 is 11.6 Å². The van der Waals surface area contributed by atoms with E-state index in [-0.39, 0.29) is 5.91 Å². The Labute approximate surface area is 148 Å². The minimum absolute atomic E-state index is 0.0161. The summed E-state index contributed by atoms with van der Waals surface area (Å²) in [5.41, 5.74) is 2.92. The van der Waals surface area contributed by atoms with Crippen molar-refractivity contribution in [2.75, 3.05) is 13.1 Å². The van der Waals surface area contributed by atoms with Crippen LogP contribution in [0.15, 0.2) is 48.5 Å². The molecule has 0 spiro atoms. The number of amides is 1. The molecule has 0 aliphatic carbocycles. The second kappa shape index (κ2) is 8.32. The maximum absolute atomic E-state index is 12.6. The molecule has 1 heterocycles. The molecule has 1 aliphatic heterocycles. The maximum Gasteiger partial charge on any atom is 0.251 e. The summed E-state index contributed by atoms with van der Waals surface area (Å²) in [5.74, 6) is -0.0161. The summed E-state index contributed by atoms with van der Waals surface area (Å²) in [6.07, 6.45) is 3.83. The third-order valence-electron chi connectivity index (χ3n) is 4.47. The largest absolute Gasteiger partial charge is 0.348 e. The molecule has 1 fully saturated rings. The first kappa shape index (κ1) is 17.0. The first-order chi connectivity index (χ1) is 11.7. The fourth-order valence-corrected chi connectivity index (χ4v) is 3.24. The molecule has 1 aliphatic rings. The summed E-state index contributed by atoms with van der Waals surface area (Å²) >= 11 is 5.89. The summed E-state index contributed by atoms with van der Waals surface area (Å²) in [5, 5.41) is 3.72. The van der Waals surface area contributed by atoms with Crippen LogP contribution < -0.4 is 5.32 Å². The molecule has 0 saturated carbocycles. The van der Waals surface area contributed by atoms with E-state index in [4.69, 9.17) is 11.6 Å². The number of benzene rings is 2. The van der Waals surface area contributed by atoms with E-state index in [2.05, 4.69) is 16.3 Å². The van der Waals surface area contributed by atoms with Crippen molar-refractivity contribution in [3.8, 4) is 0 Å². The lowest BCUT2D eigenvalue weighted by Gasteiger charge is -2.27. The quantitative estimate of drug-likeness (QED) is 0.880. The Morgan fingerprint density at radius 1 is 1.00 bits per heavy atom. The van der Waals surface area contributed by atoms with E-state index >= 15 is 0 Å². The van der Waals surface area contributed by atoms with E-state index < -0.39 is 0 Å². The van der Waals surface area contributed by atoms with Gasteiger partial charge in [-0.3, -0.25) is 9.69 Å². The van der Waals surface area contributed by atoms with Crippen LogP contribution in [0.5, 0.6) is 0 Å². The van der Waals surface area contributed by atoms with Crippen molar-refractivity contribution >= 4 is 17.5 Å². The van der Waals surface area contributed by atoms with E-state index in [1.165, 1.54) is 19.3 Å². The van der Waals surface area contributed by atoms with Gasteiger partial charge < -0.3 is 5.32 Å². The number of hydrogen-bond acceptors (Lipinski definition) is 2. The van der Waals surface area contributed by atoms with E-state index in [0.717, 1.165) is 36.3 Å². The highest BCUT2D eigenvalue weighted by molar-refractivity contribution is 6.30. The third kappa shape index (κ3) is 4.59. The lowest BCUT2D eigenvalue weighted by molar-refractivity contribution is 0.0948. The summed E-state index contributed by atoms with van der Waals surface area (Å²) in [4.78, 5) is 15.0. The van der Waals surface area contributed by atoms with Gasteiger partial charge in [0, 0.05) is 23.7 Å². The topological polar surface area (TPSA) is 32.3 Å². The molecule has 0 radical (unpaired) electrons.